The van der Waals surface area contributed by atoms with Crippen LogP contribution in [0.15, 0.2) is 0 Å². The smallest absolute Gasteiger partial charge is 0.224 e. The van der Waals surface area contributed by atoms with E-state index in [-0.39, 0.29) is 17.4 Å². The molecule has 17 heavy (non-hydrogen) atoms. The summed E-state index contributed by atoms with van der Waals surface area (Å²) in [4.78, 5) is 14.5. The predicted molar refractivity (Wildman–Crippen MR) is 69.8 cm³/mol. The summed E-state index contributed by atoms with van der Waals surface area (Å²) in [5.41, 5.74) is -0.0987. The first-order chi connectivity index (χ1) is 7.94. The molecule has 0 bridgehead atoms. The van der Waals surface area contributed by atoms with E-state index in [1.54, 1.807) is 0 Å². The van der Waals surface area contributed by atoms with Crippen molar-refractivity contribution in [2.75, 3.05) is 19.6 Å². The fourth-order valence-electron chi connectivity index (χ4n) is 2.72. The second-order valence-electron chi connectivity index (χ2n) is 6.78. The highest BCUT2D eigenvalue weighted by Crippen LogP contribution is 2.29. The van der Waals surface area contributed by atoms with Gasteiger partial charge in [0.2, 0.25) is 5.91 Å². The molecule has 3 heteroatoms. The molecule has 1 heterocycles. The first kappa shape index (κ1) is 12.9. The highest BCUT2D eigenvalue weighted by atomic mass is 16.2. The average molecular weight is 238 g/mol. The lowest BCUT2D eigenvalue weighted by molar-refractivity contribution is -0.126. The van der Waals surface area contributed by atoms with Crippen molar-refractivity contribution < 1.29 is 4.79 Å². The second-order valence-corrected chi connectivity index (χ2v) is 6.78. The van der Waals surface area contributed by atoms with Gasteiger partial charge in [-0.3, -0.25) is 4.79 Å². The Bertz CT molecular complexity index is 278. The minimum absolute atomic E-state index is 0.0987. The van der Waals surface area contributed by atoms with Gasteiger partial charge in [-0.2, -0.15) is 0 Å². The standard InChI is InChI=1S/C14H26N2O/c1-14(2,3)15-13(17)12-7-8-16(10-12)9-11-5-4-6-11/h11-12H,4-10H2,1-3H3,(H,15,17). The third-order valence-corrected chi connectivity index (χ3v) is 3.88. The lowest BCUT2D eigenvalue weighted by atomic mass is 9.85. The van der Waals surface area contributed by atoms with Crippen LogP contribution >= 0.6 is 0 Å². The maximum absolute atomic E-state index is 12.0. The molecule has 3 nitrogen and oxygen atoms in total. The van der Waals surface area contributed by atoms with Crippen LogP contribution in [-0.2, 0) is 4.79 Å². The van der Waals surface area contributed by atoms with Gasteiger partial charge in [-0.1, -0.05) is 6.42 Å². The van der Waals surface area contributed by atoms with Crippen molar-refractivity contribution in [3.8, 4) is 0 Å². The van der Waals surface area contributed by atoms with E-state index in [0.29, 0.717) is 0 Å². The zero-order valence-corrected chi connectivity index (χ0v) is 11.5. The summed E-state index contributed by atoms with van der Waals surface area (Å²) in [6.45, 7) is 9.44. The van der Waals surface area contributed by atoms with Crippen molar-refractivity contribution in [3.05, 3.63) is 0 Å². The second kappa shape index (κ2) is 4.97. The molecule has 0 spiro atoms. The van der Waals surface area contributed by atoms with Crippen LogP contribution in [0.3, 0.4) is 0 Å². The Hall–Kier alpha value is -0.570. The molecule has 2 rings (SSSR count). The van der Waals surface area contributed by atoms with Gasteiger partial charge in [0.15, 0.2) is 0 Å². The minimum atomic E-state index is -0.0987. The highest BCUT2D eigenvalue weighted by molar-refractivity contribution is 5.79. The molecule has 1 unspecified atom stereocenters. The maximum atomic E-state index is 12.0. The average Bonchev–Trinajstić information content (AvgIpc) is 2.56. The number of nitrogens with zero attached hydrogens (tertiary/aromatic N) is 1. The van der Waals surface area contributed by atoms with E-state index in [1.165, 1.54) is 25.8 Å². The van der Waals surface area contributed by atoms with Crippen molar-refractivity contribution in [1.82, 2.24) is 10.2 Å². The highest BCUT2D eigenvalue weighted by Gasteiger charge is 2.31. The fourth-order valence-corrected chi connectivity index (χ4v) is 2.72. The SMILES string of the molecule is CC(C)(C)NC(=O)C1CCN(CC2CCC2)C1. The summed E-state index contributed by atoms with van der Waals surface area (Å²) in [6.07, 6.45) is 5.24. The largest absolute Gasteiger partial charge is 0.351 e. The fraction of sp³-hybridized carbons (Fsp3) is 0.929. The first-order valence-corrected chi connectivity index (χ1v) is 6.98. The van der Waals surface area contributed by atoms with E-state index in [2.05, 4.69) is 10.2 Å². The number of likely N-dealkylation sites (tertiary alicyclic amines) is 1. The lowest BCUT2D eigenvalue weighted by Crippen LogP contribution is -2.44. The van der Waals surface area contributed by atoms with Gasteiger partial charge in [-0.05, 0) is 52.5 Å². The predicted octanol–water partition coefficient (Wildman–Crippen LogP) is 2.02. The minimum Gasteiger partial charge on any atom is -0.351 e. The van der Waals surface area contributed by atoms with E-state index in [0.717, 1.165) is 25.4 Å². The van der Waals surface area contributed by atoms with Crippen LogP contribution in [0.2, 0.25) is 0 Å². The van der Waals surface area contributed by atoms with Gasteiger partial charge in [0.25, 0.3) is 0 Å². The number of amides is 1. The van der Waals surface area contributed by atoms with Crippen molar-refractivity contribution in [3.63, 3.8) is 0 Å². The van der Waals surface area contributed by atoms with E-state index >= 15 is 0 Å². The molecule has 0 radical (unpaired) electrons. The van der Waals surface area contributed by atoms with Crippen LogP contribution in [0.25, 0.3) is 0 Å². The summed E-state index contributed by atoms with van der Waals surface area (Å²) < 4.78 is 0. The van der Waals surface area contributed by atoms with Crippen LogP contribution in [0.1, 0.15) is 46.5 Å². The number of hydrogen-bond acceptors (Lipinski definition) is 2. The quantitative estimate of drug-likeness (QED) is 0.816. The van der Waals surface area contributed by atoms with E-state index in [4.69, 9.17) is 0 Å². The topological polar surface area (TPSA) is 32.3 Å². The first-order valence-electron chi connectivity index (χ1n) is 6.98. The molecule has 0 aromatic rings. The van der Waals surface area contributed by atoms with Gasteiger partial charge in [0.1, 0.15) is 0 Å². The molecule has 1 aliphatic heterocycles. The molecule has 2 aliphatic rings. The van der Waals surface area contributed by atoms with Crippen LogP contribution in [0, 0.1) is 11.8 Å². The monoisotopic (exact) mass is 238 g/mol. The third kappa shape index (κ3) is 3.70. The molecule has 0 aromatic heterocycles. The molecular formula is C14H26N2O. The van der Waals surface area contributed by atoms with Gasteiger partial charge >= 0.3 is 0 Å². The summed E-state index contributed by atoms with van der Waals surface area (Å²) >= 11 is 0. The molecule has 0 aromatic carbocycles. The Morgan fingerprint density at radius 1 is 1.29 bits per heavy atom. The number of nitrogens with one attached hydrogen (secondary N) is 1. The summed E-state index contributed by atoms with van der Waals surface area (Å²) in [6, 6.07) is 0. The molecule has 1 saturated carbocycles. The molecule has 1 amide bonds. The Balaban J connectivity index is 1.74. The zero-order valence-electron chi connectivity index (χ0n) is 11.5. The Morgan fingerprint density at radius 3 is 2.53 bits per heavy atom. The Kier molecular flexibility index (Phi) is 3.76. The Labute approximate surface area is 105 Å². The lowest BCUT2D eigenvalue weighted by Gasteiger charge is -2.30. The van der Waals surface area contributed by atoms with Crippen molar-refractivity contribution in [2.45, 2.75) is 52.0 Å². The van der Waals surface area contributed by atoms with E-state index in [1.807, 2.05) is 20.8 Å². The summed E-state index contributed by atoms with van der Waals surface area (Å²) in [7, 11) is 0. The normalized spacial score (nSPS) is 26.9. The summed E-state index contributed by atoms with van der Waals surface area (Å²) in [5, 5.41) is 3.10. The van der Waals surface area contributed by atoms with E-state index in [9.17, 15) is 4.79 Å². The molecule has 1 N–H and O–H groups in total. The van der Waals surface area contributed by atoms with Crippen LogP contribution in [0.4, 0.5) is 0 Å². The van der Waals surface area contributed by atoms with Gasteiger partial charge < -0.3 is 10.2 Å². The van der Waals surface area contributed by atoms with Crippen molar-refractivity contribution >= 4 is 5.91 Å². The molecule has 2 fully saturated rings. The molecule has 1 atom stereocenters. The van der Waals surface area contributed by atoms with Crippen molar-refractivity contribution in [2.24, 2.45) is 11.8 Å². The molecule has 98 valence electrons. The van der Waals surface area contributed by atoms with Crippen LogP contribution < -0.4 is 5.32 Å². The molecular weight excluding hydrogens is 212 g/mol. The third-order valence-electron chi connectivity index (χ3n) is 3.88. The molecule has 1 saturated heterocycles. The van der Waals surface area contributed by atoms with Gasteiger partial charge in [0, 0.05) is 18.6 Å². The number of hydrogen-bond donors (Lipinski definition) is 1. The number of carbonyl (C=O) groups excluding carboxylic acids is 1. The van der Waals surface area contributed by atoms with E-state index < -0.39 is 0 Å². The van der Waals surface area contributed by atoms with Gasteiger partial charge in [0.05, 0.1) is 5.92 Å². The number of rotatable bonds is 3. The number of carbonyl (C=O) groups is 1. The zero-order chi connectivity index (χ0) is 12.5. The van der Waals surface area contributed by atoms with Gasteiger partial charge in [-0.15, -0.1) is 0 Å². The van der Waals surface area contributed by atoms with Gasteiger partial charge in [-0.25, -0.2) is 0 Å². The van der Waals surface area contributed by atoms with Crippen molar-refractivity contribution in [1.29, 1.82) is 0 Å². The summed E-state index contributed by atoms with van der Waals surface area (Å²) in [5.74, 6) is 1.38. The maximum Gasteiger partial charge on any atom is 0.224 e. The molecule has 1 aliphatic carbocycles. The Morgan fingerprint density at radius 2 is 2.00 bits per heavy atom. The van der Waals surface area contributed by atoms with Crippen LogP contribution in [-0.4, -0.2) is 36.0 Å². The van der Waals surface area contributed by atoms with Crippen LogP contribution in [0.5, 0.6) is 0 Å².